The number of carboxylic acid groups (broad SMARTS) is 1. The minimum atomic E-state index is -1.02. The van der Waals surface area contributed by atoms with E-state index < -0.39 is 12.0 Å². The first kappa shape index (κ1) is 13.7. The molecule has 5 nitrogen and oxygen atoms in total. The third-order valence-electron chi connectivity index (χ3n) is 2.92. The number of benzene rings is 1. The van der Waals surface area contributed by atoms with Crippen LogP contribution in [-0.4, -0.2) is 34.6 Å². The SMILES string of the molecule is Cc1ccc(Cl)c(NC(=O)N(CC(=O)O)C2CC2)c1. The molecule has 1 aliphatic carbocycles. The van der Waals surface area contributed by atoms with Crippen molar-refractivity contribution in [3.63, 3.8) is 0 Å². The molecule has 0 radical (unpaired) electrons. The zero-order chi connectivity index (χ0) is 14.0. The molecule has 0 atom stereocenters. The number of amides is 2. The molecule has 0 aliphatic heterocycles. The van der Waals surface area contributed by atoms with Gasteiger partial charge >= 0.3 is 12.0 Å². The van der Waals surface area contributed by atoms with E-state index >= 15 is 0 Å². The molecule has 2 amide bonds. The van der Waals surface area contributed by atoms with Crippen molar-refractivity contribution in [3.8, 4) is 0 Å². The number of aryl methyl sites for hydroxylation is 1. The van der Waals surface area contributed by atoms with E-state index in [9.17, 15) is 9.59 Å². The van der Waals surface area contributed by atoms with E-state index in [0.717, 1.165) is 18.4 Å². The van der Waals surface area contributed by atoms with E-state index in [0.29, 0.717) is 10.7 Å². The third-order valence-corrected chi connectivity index (χ3v) is 3.25. The number of halogens is 1. The van der Waals surface area contributed by atoms with E-state index in [-0.39, 0.29) is 12.6 Å². The number of aliphatic carboxylic acids is 1. The van der Waals surface area contributed by atoms with Gasteiger partial charge in [-0.2, -0.15) is 0 Å². The number of carbonyl (C=O) groups is 2. The summed E-state index contributed by atoms with van der Waals surface area (Å²) in [6.45, 7) is 1.60. The Morgan fingerprint density at radius 1 is 1.47 bits per heavy atom. The van der Waals surface area contributed by atoms with E-state index in [1.807, 2.05) is 13.0 Å². The van der Waals surface area contributed by atoms with Gasteiger partial charge < -0.3 is 15.3 Å². The van der Waals surface area contributed by atoms with Crippen LogP contribution >= 0.6 is 11.6 Å². The second-order valence-corrected chi connectivity index (χ2v) is 5.07. The van der Waals surface area contributed by atoms with Gasteiger partial charge in [-0.3, -0.25) is 4.79 Å². The first-order chi connectivity index (χ1) is 8.97. The molecule has 1 fully saturated rings. The van der Waals surface area contributed by atoms with Gasteiger partial charge in [0, 0.05) is 6.04 Å². The summed E-state index contributed by atoms with van der Waals surface area (Å²) in [4.78, 5) is 24.2. The van der Waals surface area contributed by atoms with Crippen molar-refractivity contribution in [1.29, 1.82) is 0 Å². The monoisotopic (exact) mass is 282 g/mol. The molecule has 0 aromatic heterocycles. The van der Waals surface area contributed by atoms with E-state index in [1.54, 1.807) is 12.1 Å². The maximum Gasteiger partial charge on any atom is 0.323 e. The van der Waals surface area contributed by atoms with Gasteiger partial charge in [-0.15, -0.1) is 0 Å². The second-order valence-electron chi connectivity index (χ2n) is 4.67. The number of nitrogens with zero attached hydrogens (tertiary/aromatic N) is 1. The predicted octanol–water partition coefficient (Wildman–Crippen LogP) is 2.73. The van der Waals surface area contributed by atoms with Crippen LogP contribution in [0.3, 0.4) is 0 Å². The van der Waals surface area contributed by atoms with E-state index in [1.165, 1.54) is 4.90 Å². The fraction of sp³-hybridized carbons (Fsp3) is 0.385. The first-order valence-corrected chi connectivity index (χ1v) is 6.40. The molecule has 0 spiro atoms. The van der Waals surface area contributed by atoms with Crippen molar-refractivity contribution in [2.24, 2.45) is 0 Å². The molecular formula is C13H15ClN2O3. The molecule has 0 saturated heterocycles. The van der Waals surface area contributed by atoms with Crippen LogP contribution in [0.1, 0.15) is 18.4 Å². The topological polar surface area (TPSA) is 69.6 Å². The summed E-state index contributed by atoms with van der Waals surface area (Å²) in [5.74, 6) is -1.02. The third kappa shape index (κ3) is 3.61. The average molecular weight is 283 g/mol. The van der Waals surface area contributed by atoms with Gasteiger partial charge in [-0.05, 0) is 37.5 Å². The molecule has 1 aliphatic rings. The zero-order valence-electron chi connectivity index (χ0n) is 10.5. The van der Waals surface area contributed by atoms with Crippen molar-refractivity contribution < 1.29 is 14.7 Å². The number of carboxylic acids is 1. The van der Waals surface area contributed by atoms with Gasteiger partial charge in [0.25, 0.3) is 0 Å². The van der Waals surface area contributed by atoms with Crippen LogP contribution in [-0.2, 0) is 4.79 Å². The van der Waals surface area contributed by atoms with Crippen LogP contribution in [0.25, 0.3) is 0 Å². The minimum absolute atomic E-state index is 0.0275. The summed E-state index contributed by atoms with van der Waals surface area (Å²) >= 11 is 6.00. The van der Waals surface area contributed by atoms with Crippen molar-refractivity contribution in [2.75, 3.05) is 11.9 Å². The van der Waals surface area contributed by atoms with Crippen molar-refractivity contribution in [2.45, 2.75) is 25.8 Å². The van der Waals surface area contributed by atoms with Gasteiger partial charge in [0.1, 0.15) is 6.54 Å². The maximum atomic E-state index is 12.1. The second kappa shape index (κ2) is 5.48. The smallest absolute Gasteiger partial charge is 0.323 e. The number of anilines is 1. The Bertz CT molecular complexity index is 515. The molecule has 1 saturated carbocycles. The van der Waals surface area contributed by atoms with Crippen LogP contribution in [0.5, 0.6) is 0 Å². The van der Waals surface area contributed by atoms with Crippen molar-refractivity contribution >= 4 is 29.3 Å². The standard InChI is InChI=1S/C13H15ClN2O3/c1-8-2-5-10(14)11(6-8)15-13(19)16(7-12(17)18)9-3-4-9/h2,5-6,9H,3-4,7H2,1H3,(H,15,19)(H,17,18). The molecule has 0 heterocycles. The Morgan fingerprint density at radius 3 is 2.74 bits per heavy atom. The predicted molar refractivity (Wildman–Crippen MR) is 72.6 cm³/mol. The number of nitrogens with one attached hydrogen (secondary N) is 1. The lowest BCUT2D eigenvalue weighted by Gasteiger charge is -2.21. The van der Waals surface area contributed by atoms with Crippen LogP contribution < -0.4 is 5.32 Å². The molecule has 2 N–H and O–H groups in total. The minimum Gasteiger partial charge on any atom is -0.480 e. The highest BCUT2D eigenvalue weighted by atomic mass is 35.5. The first-order valence-electron chi connectivity index (χ1n) is 6.03. The van der Waals surface area contributed by atoms with E-state index in [4.69, 9.17) is 16.7 Å². The maximum absolute atomic E-state index is 12.1. The van der Waals surface area contributed by atoms with Gasteiger partial charge in [-0.1, -0.05) is 17.7 Å². The lowest BCUT2D eigenvalue weighted by atomic mass is 10.2. The highest BCUT2D eigenvalue weighted by molar-refractivity contribution is 6.33. The lowest BCUT2D eigenvalue weighted by molar-refractivity contribution is -0.137. The highest BCUT2D eigenvalue weighted by Crippen LogP contribution is 2.28. The Morgan fingerprint density at radius 2 is 2.16 bits per heavy atom. The molecular weight excluding hydrogens is 268 g/mol. The van der Waals surface area contributed by atoms with Crippen LogP contribution in [0.15, 0.2) is 18.2 Å². The van der Waals surface area contributed by atoms with Crippen molar-refractivity contribution in [3.05, 3.63) is 28.8 Å². The molecule has 1 aromatic rings. The van der Waals surface area contributed by atoms with Crippen LogP contribution in [0.4, 0.5) is 10.5 Å². The Hall–Kier alpha value is -1.75. The molecule has 19 heavy (non-hydrogen) atoms. The fourth-order valence-electron chi connectivity index (χ4n) is 1.82. The van der Waals surface area contributed by atoms with E-state index in [2.05, 4.69) is 5.32 Å². The molecule has 6 heteroatoms. The summed E-state index contributed by atoms with van der Waals surface area (Å²) in [6.07, 6.45) is 1.70. The molecule has 2 rings (SSSR count). The number of rotatable bonds is 4. The van der Waals surface area contributed by atoms with Gasteiger partial charge in [0.15, 0.2) is 0 Å². The zero-order valence-corrected chi connectivity index (χ0v) is 11.3. The number of carbonyl (C=O) groups excluding carboxylic acids is 1. The molecule has 1 aromatic carbocycles. The van der Waals surface area contributed by atoms with Gasteiger partial charge in [0.2, 0.25) is 0 Å². The number of hydrogen-bond acceptors (Lipinski definition) is 2. The molecule has 0 unspecified atom stereocenters. The van der Waals surface area contributed by atoms with Crippen LogP contribution in [0, 0.1) is 6.92 Å². The molecule has 102 valence electrons. The summed E-state index contributed by atoms with van der Waals surface area (Å²) < 4.78 is 0. The fourth-order valence-corrected chi connectivity index (χ4v) is 1.99. The summed E-state index contributed by atoms with van der Waals surface area (Å²) in [7, 11) is 0. The van der Waals surface area contributed by atoms with Crippen LogP contribution in [0.2, 0.25) is 5.02 Å². The van der Waals surface area contributed by atoms with Crippen molar-refractivity contribution in [1.82, 2.24) is 4.90 Å². The lowest BCUT2D eigenvalue weighted by Crippen LogP contribution is -2.40. The highest BCUT2D eigenvalue weighted by Gasteiger charge is 2.34. The summed E-state index contributed by atoms with van der Waals surface area (Å²) in [5.41, 5.74) is 1.47. The van der Waals surface area contributed by atoms with Gasteiger partial charge in [0.05, 0.1) is 10.7 Å². The summed E-state index contributed by atoms with van der Waals surface area (Å²) in [5, 5.41) is 11.9. The Kier molecular flexibility index (Phi) is 3.95. The average Bonchev–Trinajstić information content (AvgIpc) is 3.14. The number of urea groups is 1. The largest absolute Gasteiger partial charge is 0.480 e. The molecule has 0 bridgehead atoms. The Balaban J connectivity index is 2.10. The normalized spacial score (nSPS) is 14.0. The summed E-state index contributed by atoms with van der Waals surface area (Å²) in [6, 6.07) is 4.91. The quantitative estimate of drug-likeness (QED) is 0.892. The Labute approximate surface area is 116 Å². The number of hydrogen-bond donors (Lipinski definition) is 2. The van der Waals surface area contributed by atoms with Gasteiger partial charge in [-0.25, -0.2) is 4.79 Å².